The van der Waals surface area contributed by atoms with Crippen LogP contribution < -0.4 is 9.05 Å². The number of halogens is 3. The van der Waals surface area contributed by atoms with E-state index in [1.54, 1.807) is 48.5 Å². The second-order valence-electron chi connectivity index (χ2n) is 9.11. The van der Waals surface area contributed by atoms with Crippen molar-refractivity contribution < 1.29 is 51.3 Å². The smallest absolute Gasteiger partial charge is 0.416 e. The second-order valence-corrected chi connectivity index (χ2v) is 12.0. The lowest BCUT2D eigenvalue weighted by Crippen LogP contribution is -2.52. The number of ether oxygens (including phenoxy) is 1. The summed E-state index contributed by atoms with van der Waals surface area (Å²) in [6, 6.07) is 13.2. The number of amides is 1. The van der Waals surface area contributed by atoms with Crippen LogP contribution in [0.15, 0.2) is 60.6 Å². The number of ketones is 1. The van der Waals surface area contributed by atoms with Crippen LogP contribution in [-0.2, 0) is 30.7 Å². The molecule has 0 aliphatic carbocycles. The molecule has 0 aromatic heterocycles. The van der Waals surface area contributed by atoms with Gasteiger partial charge in [0.1, 0.15) is 23.7 Å². The van der Waals surface area contributed by atoms with E-state index < -0.39 is 67.7 Å². The van der Waals surface area contributed by atoms with Gasteiger partial charge in [0, 0.05) is 18.0 Å². The quantitative estimate of drug-likeness (QED) is 0.335. The van der Waals surface area contributed by atoms with Crippen molar-refractivity contribution in [3.05, 3.63) is 71.7 Å². The minimum Gasteiger partial charge on any atom is -0.416 e. The maximum Gasteiger partial charge on any atom is 0.435 e. The standard InChI is InChI=1S/C25H25F3NO8PS/c1-14-3-7-16(8-4-14)36-38(39,37-17-9-5-15(2)6-10-17)34-13-25(24(27)28)22(33)21(32)23(35-25)29-12-18(26)19(30)11-20(29)31/h3-10,12,21-24,32-33H,11,13H2,1-2H3/t21-,22-,23-,25-/m1/s1. The number of rotatable bonds is 9. The molecule has 9 nitrogen and oxygen atoms in total. The highest BCUT2D eigenvalue weighted by Gasteiger charge is 2.62. The number of aliphatic hydroxyl groups is 2. The minimum atomic E-state index is -3.93. The van der Waals surface area contributed by atoms with Crippen molar-refractivity contribution in [2.75, 3.05) is 6.61 Å². The van der Waals surface area contributed by atoms with E-state index in [1.165, 1.54) is 0 Å². The maximum absolute atomic E-state index is 14.5. The molecule has 4 atom stereocenters. The summed E-state index contributed by atoms with van der Waals surface area (Å²) >= 11 is 5.51. The number of aliphatic hydroxyl groups excluding tert-OH is 2. The molecule has 14 heteroatoms. The van der Waals surface area contributed by atoms with Crippen LogP contribution in [0.25, 0.3) is 0 Å². The molecular weight excluding hydrogens is 562 g/mol. The fraction of sp³-hybridized carbons (Fsp3) is 0.360. The van der Waals surface area contributed by atoms with Crippen molar-refractivity contribution in [3.8, 4) is 11.5 Å². The van der Waals surface area contributed by atoms with Crippen molar-refractivity contribution in [3.63, 3.8) is 0 Å². The van der Waals surface area contributed by atoms with Gasteiger partial charge in [0.2, 0.25) is 11.7 Å². The van der Waals surface area contributed by atoms with Crippen LogP contribution in [0.2, 0.25) is 0 Å². The first-order valence-corrected chi connectivity index (χ1v) is 14.2. The van der Waals surface area contributed by atoms with Gasteiger partial charge in [0.05, 0.1) is 13.0 Å². The Morgan fingerprint density at radius 2 is 1.56 bits per heavy atom. The molecule has 0 bridgehead atoms. The minimum absolute atomic E-state index is 0.220. The van der Waals surface area contributed by atoms with Crippen molar-refractivity contribution in [1.82, 2.24) is 4.90 Å². The van der Waals surface area contributed by atoms with Crippen molar-refractivity contribution in [2.24, 2.45) is 0 Å². The van der Waals surface area contributed by atoms with Crippen LogP contribution in [0.1, 0.15) is 17.5 Å². The van der Waals surface area contributed by atoms with Gasteiger partial charge in [-0.2, -0.15) is 0 Å². The predicted molar refractivity (Wildman–Crippen MR) is 135 cm³/mol. The second kappa shape index (κ2) is 11.4. The molecule has 1 amide bonds. The summed E-state index contributed by atoms with van der Waals surface area (Å²) in [5.74, 6) is -3.03. The van der Waals surface area contributed by atoms with E-state index in [9.17, 15) is 33.0 Å². The van der Waals surface area contributed by atoms with Gasteiger partial charge in [-0.25, -0.2) is 13.2 Å². The Hall–Kier alpha value is -2.80. The molecule has 2 aliphatic rings. The molecule has 1 saturated heterocycles. The van der Waals surface area contributed by atoms with Crippen molar-refractivity contribution >= 4 is 30.2 Å². The molecule has 2 aliphatic heterocycles. The largest absolute Gasteiger partial charge is 0.435 e. The Kier molecular flexibility index (Phi) is 8.50. The molecule has 4 rings (SSSR count). The van der Waals surface area contributed by atoms with Gasteiger partial charge < -0.3 is 24.0 Å². The highest BCUT2D eigenvalue weighted by atomic mass is 32.5. The number of hydrogen-bond acceptors (Lipinski definition) is 9. The first-order chi connectivity index (χ1) is 18.3. The average molecular weight is 588 g/mol. The van der Waals surface area contributed by atoms with Crippen LogP contribution in [0, 0.1) is 13.8 Å². The number of aryl methyl sites for hydroxylation is 2. The zero-order valence-corrected chi connectivity index (χ0v) is 22.4. The first kappa shape index (κ1) is 29.2. The molecule has 1 fully saturated rings. The molecule has 0 spiro atoms. The summed E-state index contributed by atoms with van der Waals surface area (Å²) in [4.78, 5) is 24.2. The molecule has 39 heavy (non-hydrogen) atoms. The van der Waals surface area contributed by atoms with Gasteiger partial charge in [0.15, 0.2) is 17.7 Å². The zero-order valence-electron chi connectivity index (χ0n) is 20.7. The summed E-state index contributed by atoms with van der Waals surface area (Å²) in [6.07, 6.45) is -10.3. The third-order valence-electron chi connectivity index (χ3n) is 6.14. The SMILES string of the molecule is Cc1ccc(OP(=S)(OC[C@@]2(C(F)F)O[C@@H](N3C=C(F)C(=O)CC3=O)[C@H](O)[C@H]2O)Oc2ccc(C)cc2)cc1. The summed E-state index contributed by atoms with van der Waals surface area (Å²) in [5.41, 5.74) is -1.10. The third kappa shape index (κ3) is 6.19. The number of allylic oxidation sites excluding steroid dienone is 1. The van der Waals surface area contributed by atoms with Crippen LogP contribution in [0.5, 0.6) is 11.5 Å². The van der Waals surface area contributed by atoms with E-state index in [1.807, 2.05) is 13.8 Å². The van der Waals surface area contributed by atoms with Gasteiger partial charge in [0.25, 0.3) is 6.43 Å². The van der Waals surface area contributed by atoms with Gasteiger partial charge in [-0.05, 0) is 38.1 Å². The monoisotopic (exact) mass is 587 g/mol. The number of Topliss-reactive ketones (excluding diaryl/α,β-unsaturated/α-hetero) is 1. The maximum atomic E-state index is 14.5. The number of benzene rings is 2. The number of hydrogen-bond donors (Lipinski definition) is 2. The molecule has 2 heterocycles. The first-order valence-electron chi connectivity index (χ1n) is 11.6. The predicted octanol–water partition coefficient (Wildman–Crippen LogP) is 3.70. The number of carbonyl (C=O) groups is 2. The average Bonchev–Trinajstić information content (AvgIpc) is 3.14. The Morgan fingerprint density at radius 3 is 2.05 bits per heavy atom. The normalized spacial score (nSPS) is 25.7. The highest BCUT2D eigenvalue weighted by Crippen LogP contribution is 2.52. The van der Waals surface area contributed by atoms with Crippen LogP contribution in [0.3, 0.4) is 0 Å². The van der Waals surface area contributed by atoms with Crippen LogP contribution in [-0.4, -0.2) is 63.9 Å². The summed E-state index contributed by atoms with van der Waals surface area (Å²) in [7, 11) is 0. The number of carbonyl (C=O) groups excluding carboxylic acids is 2. The topological polar surface area (TPSA) is 115 Å². The van der Waals surface area contributed by atoms with Gasteiger partial charge >= 0.3 is 6.72 Å². The van der Waals surface area contributed by atoms with E-state index in [0.29, 0.717) is 11.1 Å². The molecular formula is C25H25F3NO8PS. The lowest BCUT2D eigenvalue weighted by molar-refractivity contribution is -0.200. The van der Waals surface area contributed by atoms with Crippen LogP contribution >= 0.6 is 6.72 Å². The van der Waals surface area contributed by atoms with E-state index in [-0.39, 0.29) is 11.5 Å². The molecule has 0 unspecified atom stereocenters. The third-order valence-corrected chi connectivity index (χ3v) is 8.22. The molecule has 0 saturated carbocycles. The van der Waals surface area contributed by atoms with E-state index in [0.717, 1.165) is 11.1 Å². The molecule has 210 valence electrons. The molecule has 2 aromatic rings. The fourth-order valence-electron chi connectivity index (χ4n) is 3.90. The van der Waals surface area contributed by atoms with Gasteiger partial charge in [-0.15, -0.1) is 0 Å². The van der Waals surface area contributed by atoms with E-state index in [2.05, 4.69) is 0 Å². The Balaban J connectivity index is 1.62. The molecule has 2 aromatic carbocycles. The lowest BCUT2D eigenvalue weighted by atomic mass is 9.96. The Morgan fingerprint density at radius 1 is 1.05 bits per heavy atom. The summed E-state index contributed by atoms with van der Waals surface area (Å²) in [5, 5.41) is 21.2. The Labute approximate surface area is 227 Å². The van der Waals surface area contributed by atoms with Gasteiger partial charge in [-0.1, -0.05) is 35.4 Å². The van der Waals surface area contributed by atoms with Gasteiger partial charge in [-0.3, -0.25) is 19.0 Å². The highest BCUT2D eigenvalue weighted by molar-refractivity contribution is 8.07. The number of nitrogens with zero attached hydrogens (tertiary/aromatic N) is 1. The van der Waals surface area contributed by atoms with Crippen molar-refractivity contribution in [2.45, 2.75) is 50.7 Å². The lowest BCUT2D eigenvalue weighted by Gasteiger charge is -2.34. The summed E-state index contributed by atoms with van der Waals surface area (Å²) < 4.78 is 65.4. The molecule has 0 radical (unpaired) electrons. The summed E-state index contributed by atoms with van der Waals surface area (Å²) in [6.45, 7) is -1.38. The fourth-order valence-corrected chi connectivity index (χ4v) is 5.83. The Bertz CT molecular complexity index is 1260. The zero-order chi connectivity index (χ0) is 28.5. The van der Waals surface area contributed by atoms with E-state index >= 15 is 0 Å². The van der Waals surface area contributed by atoms with E-state index in [4.69, 9.17) is 30.1 Å². The number of alkyl halides is 2. The van der Waals surface area contributed by atoms with Crippen molar-refractivity contribution in [1.29, 1.82) is 0 Å². The molecule has 2 N–H and O–H groups in total. The van der Waals surface area contributed by atoms with Crippen LogP contribution in [0.4, 0.5) is 13.2 Å².